The van der Waals surface area contributed by atoms with Crippen molar-refractivity contribution in [2.24, 2.45) is 5.73 Å². The monoisotopic (exact) mass is 265 g/mol. The van der Waals surface area contributed by atoms with Crippen molar-refractivity contribution in [3.05, 3.63) is 23.8 Å². The second-order valence-electron chi connectivity index (χ2n) is 4.79. The molecule has 5 heteroatoms. The van der Waals surface area contributed by atoms with Gasteiger partial charge in [-0.05, 0) is 37.0 Å². The third-order valence-electron chi connectivity index (χ3n) is 3.36. The van der Waals surface area contributed by atoms with Crippen molar-refractivity contribution >= 4 is 5.97 Å². The molecule has 3 N–H and O–H groups in total. The standard InChI is InChI=1S/C14H19NO4/c1-18-12-6-5-9(11(15)8-14(16)17)7-13(12)19-10-3-2-4-10/h5-7,10-11H,2-4,8,15H2,1H3,(H,16,17). The SMILES string of the molecule is COc1ccc(C(N)CC(=O)O)cc1OC1CCC1. The summed E-state index contributed by atoms with van der Waals surface area (Å²) in [6, 6.07) is 4.79. The van der Waals surface area contributed by atoms with Gasteiger partial charge in [-0.15, -0.1) is 0 Å². The maximum absolute atomic E-state index is 10.7. The zero-order chi connectivity index (χ0) is 13.8. The molecule has 1 atom stereocenters. The number of ether oxygens (including phenoxy) is 2. The zero-order valence-electron chi connectivity index (χ0n) is 11.0. The summed E-state index contributed by atoms with van der Waals surface area (Å²) in [6.45, 7) is 0. The zero-order valence-corrected chi connectivity index (χ0v) is 11.0. The predicted molar refractivity (Wildman–Crippen MR) is 70.4 cm³/mol. The fourth-order valence-electron chi connectivity index (χ4n) is 1.99. The molecule has 2 rings (SSSR count). The van der Waals surface area contributed by atoms with Crippen LogP contribution < -0.4 is 15.2 Å². The number of methoxy groups -OCH3 is 1. The highest BCUT2D eigenvalue weighted by molar-refractivity contribution is 5.68. The first-order valence-corrected chi connectivity index (χ1v) is 6.42. The van der Waals surface area contributed by atoms with Gasteiger partial charge < -0.3 is 20.3 Å². The van der Waals surface area contributed by atoms with E-state index in [2.05, 4.69) is 0 Å². The van der Waals surface area contributed by atoms with Crippen LogP contribution in [-0.2, 0) is 4.79 Å². The molecule has 1 aromatic rings. The van der Waals surface area contributed by atoms with Crippen molar-refractivity contribution in [2.45, 2.75) is 37.8 Å². The topological polar surface area (TPSA) is 81.8 Å². The fraction of sp³-hybridized carbons (Fsp3) is 0.500. The lowest BCUT2D eigenvalue weighted by atomic mass is 9.96. The number of nitrogens with two attached hydrogens (primary N) is 1. The predicted octanol–water partition coefficient (Wildman–Crippen LogP) is 2.10. The van der Waals surface area contributed by atoms with Crippen LogP contribution in [0.2, 0.25) is 0 Å². The number of carboxylic acid groups (broad SMARTS) is 1. The number of benzene rings is 1. The van der Waals surface area contributed by atoms with Crippen molar-refractivity contribution < 1.29 is 19.4 Å². The maximum Gasteiger partial charge on any atom is 0.305 e. The van der Waals surface area contributed by atoms with E-state index in [0.29, 0.717) is 11.5 Å². The first-order valence-electron chi connectivity index (χ1n) is 6.42. The summed E-state index contributed by atoms with van der Waals surface area (Å²) < 4.78 is 11.1. The molecule has 0 aromatic heterocycles. The van der Waals surface area contributed by atoms with E-state index < -0.39 is 12.0 Å². The first-order chi connectivity index (χ1) is 9.10. The van der Waals surface area contributed by atoms with Crippen molar-refractivity contribution in [3.63, 3.8) is 0 Å². The van der Waals surface area contributed by atoms with Crippen molar-refractivity contribution in [3.8, 4) is 11.5 Å². The summed E-state index contributed by atoms with van der Waals surface area (Å²) in [7, 11) is 1.58. The average molecular weight is 265 g/mol. The third-order valence-corrected chi connectivity index (χ3v) is 3.36. The van der Waals surface area contributed by atoms with Crippen molar-refractivity contribution in [1.29, 1.82) is 0 Å². The van der Waals surface area contributed by atoms with E-state index in [9.17, 15) is 4.79 Å². The van der Waals surface area contributed by atoms with Crippen LogP contribution in [0.4, 0.5) is 0 Å². The number of carbonyl (C=O) groups is 1. The van der Waals surface area contributed by atoms with Gasteiger partial charge in [-0.1, -0.05) is 6.07 Å². The molecule has 1 aromatic carbocycles. The smallest absolute Gasteiger partial charge is 0.305 e. The molecule has 0 aliphatic heterocycles. The molecule has 0 spiro atoms. The van der Waals surface area contributed by atoms with Gasteiger partial charge in [0.2, 0.25) is 0 Å². The van der Waals surface area contributed by atoms with E-state index in [4.69, 9.17) is 20.3 Å². The molecule has 1 saturated carbocycles. The Hall–Kier alpha value is -1.75. The molecule has 0 saturated heterocycles. The Morgan fingerprint density at radius 2 is 2.21 bits per heavy atom. The van der Waals surface area contributed by atoms with Gasteiger partial charge in [0.25, 0.3) is 0 Å². The third kappa shape index (κ3) is 3.38. The normalized spacial score (nSPS) is 16.5. The quantitative estimate of drug-likeness (QED) is 0.823. The van der Waals surface area contributed by atoms with Gasteiger partial charge in [0.15, 0.2) is 11.5 Å². The summed E-state index contributed by atoms with van der Waals surface area (Å²) >= 11 is 0. The lowest BCUT2D eigenvalue weighted by Gasteiger charge is -2.27. The minimum atomic E-state index is -0.912. The van der Waals surface area contributed by atoms with Gasteiger partial charge in [-0.25, -0.2) is 0 Å². The molecule has 1 aliphatic carbocycles. The van der Waals surface area contributed by atoms with Gasteiger partial charge in [0, 0.05) is 6.04 Å². The molecule has 0 bridgehead atoms. The molecule has 0 radical (unpaired) electrons. The Bertz CT molecular complexity index is 457. The largest absolute Gasteiger partial charge is 0.493 e. The van der Waals surface area contributed by atoms with Crippen molar-refractivity contribution in [2.75, 3.05) is 7.11 Å². The number of carboxylic acids is 1. The lowest BCUT2D eigenvalue weighted by Crippen LogP contribution is -2.25. The summed E-state index contributed by atoms with van der Waals surface area (Å²) in [5, 5.41) is 8.77. The van der Waals surface area contributed by atoms with Gasteiger partial charge in [0.1, 0.15) is 0 Å². The van der Waals surface area contributed by atoms with Gasteiger partial charge in [-0.3, -0.25) is 4.79 Å². The Labute approximate surface area is 112 Å². The van der Waals surface area contributed by atoms with Crippen LogP contribution >= 0.6 is 0 Å². The van der Waals surface area contributed by atoms with Gasteiger partial charge in [-0.2, -0.15) is 0 Å². The number of aliphatic carboxylic acids is 1. The second kappa shape index (κ2) is 5.93. The highest BCUT2D eigenvalue weighted by Gasteiger charge is 2.21. The van der Waals surface area contributed by atoms with E-state index in [1.807, 2.05) is 0 Å². The maximum atomic E-state index is 10.7. The van der Waals surface area contributed by atoms with Crippen LogP contribution in [0.15, 0.2) is 18.2 Å². The number of hydrogen-bond donors (Lipinski definition) is 2. The molecule has 0 amide bonds. The fourth-order valence-corrected chi connectivity index (χ4v) is 1.99. The van der Waals surface area contributed by atoms with Crippen LogP contribution in [0.5, 0.6) is 11.5 Å². The van der Waals surface area contributed by atoms with Crippen LogP contribution in [0.25, 0.3) is 0 Å². The Balaban J connectivity index is 2.16. The molecule has 1 fully saturated rings. The van der Waals surface area contributed by atoms with E-state index >= 15 is 0 Å². The summed E-state index contributed by atoms with van der Waals surface area (Å²) in [5.74, 6) is 0.383. The van der Waals surface area contributed by atoms with E-state index in [-0.39, 0.29) is 12.5 Å². The van der Waals surface area contributed by atoms with E-state index in [1.165, 1.54) is 6.42 Å². The molecule has 19 heavy (non-hydrogen) atoms. The van der Waals surface area contributed by atoms with Crippen LogP contribution in [-0.4, -0.2) is 24.3 Å². The molecule has 0 heterocycles. The Morgan fingerprint density at radius 1 is 1.47 bits per heavy atom. The number of hydrogen-bond acceptors (Lipinski definition) is 4. The van der Waals surface area contributed by atoms with E-state index in [0.717, 1.165) is 18.4 Å². The lowest BCUT2D eigenvalue weighted by molar-refractivity contribution is -0.137. The minimum Gasteiger partial charge on any atom is -0.493 e. The molecule has 1 aliphatic rings. The Kier molecular flexibility index (Phi) is 4.27. The van der Waals surface area contributed by atoms with Gasteiger partial charge in [0.05, 0.1) is 19.6 Å². The molecule has 1 unspecified atom stereocenters. The molecule has 5 nitrogen and oxygen atoms in total. The second-order valence-corrected chi connectivity index (χ2v) is 4.79. The minimum absolute atomic E-state index is 0.102. The highest BCUT2D eigenvalue weighted by Crippen LogP contribution is 2.34. The first kappa shape index (κ1) is 13.7. The summed E-state index contributed by atoms with van der Waals surface area (Å²) in [5.41, 5.74) is 6.60. The average Bonchev–Trinajstić information content (AvgIpc) is 2.32. The van der Waals surface area contributed by atoms with Crippen molar-refractivity contribution in [1.82, 2.24) is 0 Å². The van der Waals surface area contributed by atoms with Crippen LogP contribution in [0, 0.1) is 0 Å². The van der Waals surface area contributed by atoms with E-state index in [1.54, 1.807) is 25.3 Å². The van der Waals surface area contributed by atoms with Crippen LogP contribution in [0.3, 0.4) is 0 Å². The summed E-state index contributed by atoms with van der Waals surface area (Å²) in [4.78, 5) is 10.7. The summed E-state index contributed by atoms with van der Waals surface area (Å²) in [6.07, 6.45) is 3.42. The van der Waals surface area contributed by atoms with Crippen LogP contribution in [0.1, 0.15) is 37.3 Å². The molecule has 104 valence electrons. The molecular weight excluding hydrogens is 246 g/mol. The Morgan fingerprint density at radius 3 is 2.74 bits per heavy atom. The highest BCUT2D eigenvalue weighted by atomic mass is 16.5. The number of rotatable bonds is 6. The molecular formula is C14H19NO4. The van der Waals surface area contributed by atoms with Gasteiger partial charge >= 0.3 is 5.97 Å².